The second-order valence-corrected chi connectivity index (χ2v) is 8.81. The van der Waals surface area contributed by atoms with E-state index in [1.54, 1.807) is 0 Å². The minimum Gasteiger partial charge on any atom is -0.376 e. The van der Waals surface area contributed by atoms with Gasteiger partial charge in [-0.3, -0.25) is 0 Å². The van der Waals surface area contributed by atoms with Gasteiger partial charge in [-0.15, -0.1) is 6.58 Å². The predicted octanol–water partition coefficient (Wildman–Crippen LogP) is 3.19. The van der Waals surface area contributed by atoms with Crippen LogP contribution in [0.1, 0.15) is 40.0 Å². The van der Waals surface area contributed by atoms with Crippen LogP contribution in [-0.2, 0) is 27.5 Å². The zero-order chi connectivity index (χ0) is 18.4. The molecule has 0 bridgehead atoms. The van der Waals surface area contributed by atoms with Gasteiger partial charge in [-0.05, 0) is 19.3 Å². The van der Waals surface area contributed by atoms with Crippen LogP contribution in [0.3, 0.4) is 0 Å². The summed E-state index contributed by atoms with van der Waals surface area (Å²) in [6.45, 7) is 15.4. The lowest BCUT2D eigenvalue weighted by molar-refractivity contribution is 0.0620. The van der Waals surface area contributed by atoms with E-state index in [0.717, 1.165) is 45.7 Å². The molecule has 148 valence electrons. The molecule has 0 saturated carbocycles. The average Bonchev–Trinajstić information content (AvgIpc) is 3.52. The highest BCUT2D eigenvalue weighted by molar-refractivity contribution is 6.61. The summed E-state index contributed by atoms with van der Waals surface area (Å²) >= 11 is 0. The molecule has 0 aliphatic carbocycles. The summed E-state index contributed by atoms with van der Waals surface area (Å²) in [4.78, 5) is 0. The van der Waals surface area contributed by atoms with Crippen molar-refractivity contribution >= 4 is 8.80 Å². The molecule has 2 heterocycles. The first-order chi connectivity index (χ1) is 12.2. The molecule has 2 unspecified atom stereocenters. The Hall–Kier alpha value is -0.283. The monoisotopic (exact) mass is 376 g/mol. The summed E-state index contributed by atoms with van der Waals surface area (Å²) in [5.74, 6) is 0. The van der Waals surface area contributed by atoms with Gasteiger partial charge in [0, 0.05) is 25.9 Å². The molecule has 0 aromatic carbocycles. The van der Waals surface area contributed by atoms with Crippen LogP contribution in [0.2, 0.25) is 6.04 Å². The lowest BCUT2D eigenvalue weighted by Crippen LogP contribution is -2.46. The molecule has 6 nitrogen and oxygen atoms in total. The van der Waals surface area contributed by atoms with Crippen LogP contribution < -0.4 is 0 Å². The average molecular weight is 377 g/mol. The zero-order valence-electron chi connectivity index (χ0n) is 16.2. The lowest BCUT2D eigenvalue weighted by atomic mass is 10.5. The standard InChI is InChI=1S/C12H26O3Si.C6H10O3/c1-5-9-13-16(12-8-4,14-10-6-2)15-11-7-3;1(5-3-8-5)7-2-6-4-9-6/h8H,4-7,9-12H2,1-3H3;5-6H,1-4H2. The Kier molecular flexibility index (Phi) is 12.6. The van der Waals surface area contributed by atoms with E-state index in [9.17, 15) is 0 Å². The molecule has 0 amide bonds. The number of epoxide rings is 2. The number of hydrogen-bond acceptors (Lipinski definition) is 6. The number of ether oxygens (including phenoxy) is 3. The Labute approximate surface area is 154 Å². The van der Waals surface area contributed by atoms with Gasteiger partial charge in [-0.1, -0.05) is 26.8 Å². The van der Waals surface area contributed by atoms with Gasteiger partial charge in [0.2, 0.25) is 0 Å². The maximum absolute atomic E-state index is 5.85. The second kappa shape index (κ2) is 13.9. The molecule has 0 radical (unpaired) electrons. The van der Waals surface area contributed by atoms with Crippen molar-refractivity contribution in [3.05, 3.63) is 12.7 Å². The van der Waals surface area contributed by atoms with Crippen LogP contribution in [0.5, 0.6) is 0 Å². The summed E-state index contributed by atoms with van der Waals surface area (Å²) in [6, 6.07) is 0.701. The topological polar surface area (TPSA) is 62.0 Å². The van der Waals surface area contributed by atoms with Gasteiger partial charge in [0.25, 0.3) is 0 Å². The summed E-state index contributed by atoms with van der Waals surface area (Å²) in [5.41, 5.74) is 0. The molecular formula is C18H36O6Si. The second-order valence-electron chi connectivity index (χ2n) is 6.17. The van der Waals surface area contributed by atoms with Gasteiger partial charge in [0.05, 0.1) is 26.4 Å². The van der Waals surface area contributed by atoms with Gasteiger partial charge in [-0.2, -0.15) is 0 Å². The maximum atomic E-state index is 5.85. The Morgan fingerprint density at radius 3 is 1.56 bits per heavy atom. The molecule has 0 aromatic rings. The van der Waals surface area contributed by atoms with E-state index in [1.807, 2.05) is 6.08 Å². The molecule has 2 aliphatic heterocycles. The third-order valence-corrected chi connectivity index (χ3v) is 6.11. The first-order valence-electron chi connectivity index (χ1n) is 9.53. The third-order valence-electron chi connectivity index (χ3n) is 3.38. The fourth-order valence-corrected chi connectivity index (χ4v) is 4.41. The molecule has 2 saturated heterocycles. The SMILES string of the molecule is C(OCC1CO1)C1CO1.C=CC[Si](OCCC)(OCCC)OCCC. The first-order valence-corrected chi connectivity index (χ1v) is 11.5. The normalized spacial score (nSPS) is 21.4. The fourth-order valence-electron chi connectivity index (χ4n) is 1.91. The fraction of sp³-hybridized carbons (Fsp3) is 0.889. The van der Waals surface area contributed by atoms with Crippen LogP contribution in [0, 0.1) is 0 Å². The van der Waals surface area contributed by atoms with Crippen molar-refractivity contribution in [2.75, 3.05) is 46.2 Å². The summed E-state index contributed by atoms with van der Waals surface area (Å²) < 4.78 is 32.7. The van der Waals surface area contributed by atoms with Crippen molar-refractivity contribution in [2.45, 2.75) is 58.3 Å². The van der Waals surface area contributed by atoms with Crippen molar-refractivity contribution in [1.29, 1.82) is 0 Å². The smallest absolute Gasteiger partial charge is 0.376 e. The Morgan fingerprint density at radius 2 is 1.28 bits per heavy atom. The molecule has 0 aromatic heterocycles. The van der Waals surface area contributed by atoms with Crippen LogP contribution in [0.4, 0.5) is 0 Å². The Balaban J connectivity index is 0.000000286. The lowest BCUT2D eigenvalue weighted by Gasteiger charge is -2.28. The van der Waals surface area contributed by atoms with E-state index < -0.39 is 8.80 Å². The quantitative estimate of drug-likeness (QED) is 0.248. The molecule has 7 heteroatoms. The van der Waals surface area contributed by atoms with E-state index >= 15 is 0 Å². The molecular weight excluding hydrogens is 340 g/mol. The molecule has 0 N–H and O–H groups in total. The zero-order valence-corrected chi connectivity index (χ0v) is 17.2. The Morgan fingerprint density at radius 1 is 0.880 bits per heavy atom. The molecule has 2 aliphatic rings. The van der Waals surface area contributed by atoms with E-state index in [4.69, 9.17) is 27.5 Å². The van der Waals surface area contributed by atoms with Crippen LogP contribution >= 0.6 is 0 Å². The van der Waals surface area contributed by atoms with Gasteiger partial charge in [-0.25, -0.2) is 0 Å². The van der Waals surface area contributed by atoms with Gasteiger partial charge in [0.15, 0.2) is 0 Å². The van der Waals surface area contributed by atoms with Crippen molar-refractivity contribution in [1.82, 2.24) is 0 Å². The summed E-state index contributed by atoms with van der Waals surface area (Å²) in [7, 11) is -2.48. The van der Waals surface area contributed by atoms with Crippen molar-refractivity contribution < 1.29 is 27.5 Å². The first kappa shape index (κ1) is 22.8. The van der Waals surface area contributed by atoms with E-state index in [1.165, 1.54) is 0 Å². The number of rotatable bonds is 15. The summed E-state index contributed by atoms with van der Waals surface area (Å²) in [5, 5.41) is 0. The summed E-state index contributed by atoms with van der Waals surface area (Å²) in [6.07, 6.45) is 5.57. The highest BCUT2D eigenvalue weighted by atomic mass is 28.4. The van der Waals surface area contributed by atoms with E-state index in [0.29, 0.717) is 38.1 Å². The minimum absolute atomic E-state index is 0.392. The van der Waals surface area contributed by atoms with Gasteiger partial charge >= 0.3 is 8.80 Å². The van der Waals surface area contributed by atoms with E-state index in [-0.39, 0.29) is 0 Å². The molecule has 2 rings (SSSR count). The van der Waals surface area contributed by atoms with Crippen molar-refractivity contribution in [3.8, 4) is 0 Å². The largest absolute Gasteiger partial charge is 0.504 e. The van der Waals surface area contributed by atoms with Gasteiger partial charge < -0.3 is 27.5 Å². The van der Waals surface area contributed by atoms with Gasteiger partial charge in [0.1, 0.15) is 12.2 Å². The van der Waals surface area contributed by atoms with Crippen molar-refractivity contribution in [2.24, 2.45) is 0 Å². The molecule has 25 heavy (non-hydrogen) atoms. The van der Waals surface area contributed by atoms with Crippen LogP contribution in [0.15, 0.2) is 12.7 Å². The number of hydrogen-bond donors (Lipinski definition) is 0. The van der Waals surface area contributed by atoms with Crippen LogP contribution in [0.25, 0.3) is 0 Å². The third kappa shape index (κ3) is 11.9. The van der Waals surface area contributed by atoms with Crippen molar-refractivity contribution in [3.63, 3.8) is 0 Å². The molecule has 2 fully saturated rings. The highest BCUT2D eigenvalue weighted by Gasteiger charge is 2.39. The van der Waals surface area contributed by atoms with E-state index in [2.05, 4.69) is 27.4 Å². The Bertz CT molecular complexity index is 300. The molecule has 2 atom stereocenters. The maximum Gasteiger partial charge on any atom is 0.504 e. The minimum atomic E-state index is -2.48. The predicted molar refractivity (Wildman–Crippen MR) is 99.8 cm³/mol. The molecule has 0 spiro atoms. The van der Waals surface area contributed by atoms with Crippen LogP contribution in [-0.4, -0.2) is 67.3 Å². The highest BCUT2D eigenvalue weighted by Crippen LogP contribution is 2.17. The number of allylic oxidation sites excluding steroid dienone is 1.